The van der Waals surface area contributed by atoms with Crippen molar-refractivity contribution in [1.29, 1.82) is 0 Å². The molecule has 2 unspecified atom stereocenters. The van der Waals surface area contributed by atoms with E-state index in [0.717, 1.165) is 19.3 Å². The van der Waals surface area contributed by atoms with Crippen LogP contribution in [0.15, 0.2) is 18.2 Å². The van der Waals surface area contributed by atoms with Crippen LogP contribution in [-0.4, -0.2) is 17.8 Å². The molecule has 100 valence electrons. The molecule has 0 spiro atoms. The summed E-state index contributed by atoms with van der Waals surface area (Å²) in [5.41, 5.74) is 5.23. The van der Waals surface area contributed by atoms with Gasteiger partial charge in [0.05, 0.1) is 6.10 Å². The van der Waals surface area contributed by atoms with Crippen LogP contribution in [-0.2, 0) is 6.42 Å². The molecule has 4 heteroatoms. The molecule has 1 fully saturated rings. The molecule has 1 aliphatic carbocycles. The largest absolute Gasteiger partial charge is 0.392 e. The van der Waals surface area contributed by atoms with Crippen molar-refractivity contribution in [2.24, 2.45) is 11.1 Å². The monoisotopic (exact) mass is 255 g/mol. The van der Waals surface area contributed by atoms with Crippen LogP contribution < -0.4 is 5.73 Å². The molecule has 0 radical (unpaired) electrons. The summed E-state index contributed by atoms with van der Waals surface area (Å²) < 4.78 is 27.4. The third-order valence-electron chi connectivity index (χ3n) is 4.11. The molecule has 0 aromatic heterocycles. The Morgan fingerprint density at radius 1 is 1.28 bits per heavy atom. The maximum Gasteiger partial charge on any atom is 0.129 e. The SMILES string of the molecule is NCC1(Cc2c(F)cccc2F)CCCCC1O. The summed E-state index contributed by atoms with van der Waals surface area (Å²) in [4.78, 5) is 0. The molecule has 1 aromatic carbocycles. The van der Waals surface area contributed by atoms with Gasteiger partial charge in [-0.25, -0.2) is 8.78 Å². The van der Waals surface area contributed by atoms with Crippen molar-refractivity contribution < 1.29 is 13.9 Å². The van der Waals surface area contributed by atoms with E-state index in [1.807, 2.05) is 0 Å². The molecule has 0 amide bonds. The Balaban J connectivity index is 2.30. The van der Waals surface area contributed by atoms with E-state index >= 15 is 0 Å². The molecule has 2 atom stereocenters. The summed E-state index contributed by atoms with van der Waals surface area (Å²) in [7, 11) is 0. The van der Waals surface area contributed by atoms with Gasteiger partial charge in [0.25, 0.3) is 0 Å². The molecule has 1 aromatic rings. The Morgan fingerprint density at radius 3 is 2.50 bits per heavy atom. The first-order valence-corrected chi connectivity index (χ1v) is 6.40. The summed E-state index contributed by atoms with van der Waals surface area (Å²) >= 11 is 0. The number of hydrogen-bond acceptors (Lipinski definition) is 2. The third-order valence-corrected chi connectivity index (χ3v) is 4.11. The molecule has 2 rings (SSSR count). The fourth-order valence-electron chi connectivity index (χ4n) is 2.86. The van der Waals surface area contributed by atoms with Crippen molar-refractivity contribution in [3.63, 3.8) is 0 Å². The Hall–Kier alpha value is -1.00. The van der Waals surface area contributed by atoms with E-state index in [1.165, 1.54) is 18.2 Å². The van der Waals surface area contributed by atoms with Crippen molar-refractivity contribution in [3.8, 4) is 0 Å². The number of aliphatic hydroxyl groups is 1. The normalized spacial score (nSPS) is 28.3. The maximum atomic E-state index is 13.7. The number of rotatable bonds is 3. The zero-order chi connectivity index (χ0) is 13.2. The lowest BCUT2D eigenvalue weighted by molar-refractivity contribution is -0.00680. The van der Waals surface area contributed by atoms with Gasteiger partial charge in [0.1, 0.15) is 11.6 Å². The highest BCUT2D eigenvalue weighted by atomic mass is 19.1. The van der Waals surface area contributed by atoms with E-state index in [-0.39, 0.29) is 18.5 Å². The molecule has 0 heterocycles. The minimum Gasteiger partial charge on any atom is -0.392 e. The molecule has 0 aliphatic heterocycles. The standard InChI is InChI=1S/C14H19F2NO/c15-11-4-3-5-12(16)10(11)8-14(9-17)7-2-1-6-13(14)18/h3-5,13,18H,1-2,6-9,17H2. The van der Waals surface area contributed by atoms with E-state index in [1.54, 1.807) is 0 Å². The van der Waals surface area contributed by atoms with Crippen molar-refractivity contribution in [1.82, 2.24) is 0 Å². The fraction of sp³-hybridized carbons (Fsp3) is 0.571. The van der Waals surface area contributed by atoms with E-state index < -0.39 is 23.2 Å². The van der Waals surface area contributed by atoms with Crippen LogP contribution in [0.25, 0.3) is 0 Å². The zero-order valence-corrected chi connectivity index (χ0v) is 10.3. The van der Waals surface area contributed by atoms with E-state index in [0.29, 0.717) is 6.42 Å². The van der Waals surface area contributed by atoms with Crippen LogP contribution in [0, 0.1) is 17.0 Å². The molecule has 1 saturated carbocycles. The summed E-state index contributed by atoms with van der Waals surface area (Å²) in [5.74, 6) is -1.11. The predicted octanol–water partition coefficient (Wildman–Crippen LogP) is 2.39. The Kier molecular flexibility index (Phi) is 3.97. The summed E-state index contributed by atoms with van der Waals surface area (Å²) in [6, 6.07) is 3.84. The van der Waals surface area contributed by atoms with Crippen LogP contribution in [0.3, 0.4) is 0 Å². The highest BCUT2D eigenvalue weighted by Gasteiger charge is 2.39. The second-order valence-electron chi connectivity index (χ2n) is 5.21. The average molecular weight is 255 g/mol. The van der Waals surface area contributed by atoms with Crippen molar-refractivity contribution in [2.75, 3.05) is 6.54 Å². The molecule has 1 aliphatic rings. The molecular weight excluding hydrogens is 236 g/mol. The van der Waals surface area contributed by atoms with Gasteiger partial charge in [0.2, 0.25) is 0 Å². The quantitative estimate of drug-likeness (QED) is 0.871. The smallest absolute Gasteiger partial charge is 0.129 e. The van der Waals surface area contributed by atoms with Gasteiger partial charge in [-0.2, -0.15) is 0 Å². The summed E-state index contributed by atoms with van der Waals surface area (Å²) in [5, 5.41) is 10.1. The van der Waals surface area contributed by atoms with Crippen molar-refractivity contribution in [3.05, 3.63) is 35.4 Å². The minimum atomic E-state index is -0.582. The van der Waals surface area contributed by atoms with Crippen molar-refractivity contribution >= 4 is 0 Å². The second kappa shape index (κ2) is 5.33. The average Bonchev–Trinajstić information content (AvgIpc) is 2.36. The molecule has 2 nitrogen and oxygen atoms in total. The van der Waals surface area contributed by atoms with Gasteiger partial charge in [-0.05, 0) is 31.4 Å². The molecule has 0 bridgehead atoms. The third kappa shape index (κ3) is 2.40. The number of hydrogen-bond donors (Lipinski definition) is 2. The topological polar surface area (TPSA) is 46.2 Å². The first-order valence-electron chi connectivity index (χ1n) is 6.40. The number of nitrogens with two attached hydrogens (primary N) is 1. The lowest BCUT2D eigenvalue weighted by atomic mass is 9.68. The van der Waals surface area contributed by atoms with Gasteiger partial charge < -0.3 is 10.8 Å². The first-order chi connectivity index (χ1) is 8.59. The highest BCUT2D eigenvalue weighted by Crippen LogP contribution is 2.39. The lowest BCUT2D eigenvalue weighted by Gasteiger charge is -2.41. The number of benzene rings is 1. The Morgan fingerprint density at radius 2 is 1.94 bits per heavy atom. The van der Waals surface area contributed by atoms with E-state index in [2.05, 4.69) is 0 Å². The van der Waals surface area contributed by atoms with E-state index in [4.69, 9.17) is 5.73 Å². The molecule has 3 N–H and O–H groups in total. The summed E-state index contributed by atoms with van der Waals surface area (Å²) in [6.45, 7) is 0.252. The van der Waals surface area contributed by atoms with Crippen LogP contribution in [0.5, 0.6) is 0 Å². The Bertz CT molecular complexity index is 404. The van der Waals surface area contributed by atoms with Crippen LogP contribution >= 0.6 is 0 Å². The van der Waals surface area contributed by atoms with Crippen LogP contribution in [0.2, 0.25) is 0 Å². The van der Waals surface area contributed by atoms with Gasteiger partial charge in [-0.1, -0.05) is 18.9 Å². The van der Waals surface area contributed by atoms with Gasteiger partial charge in [-0.15, -0.1) is 0 Å². The van der Waals surface area contributed by atoms with Gasteiger partial charge >= 0.3 is 0 Å². The van der Waals surface area contributed by atoms with Crippen molar-refractivity contribution in [2.45, 2.75) is 38.2 Å². The van der Waals surface area contributed by atoms with E-state index in [9.17, 15) is 13.9 Å². The predicted molar refractivity (Wildman–Crippen MR) is 66.0 cm³/mol. The fourth-order valence-corrected chi connectivity index (χ4v) is 2.86. The summed E-state index contributed by atoms with van der Waals surface area (Å²) in [6.07, 6.45) is 2.87. The zero-order valence-electron chi connectivity index (χ0n) is 10.3. The number of halogens is 2. The Labute approximate surface area is 106 Å². The van der Waals surface area contributed by atoms with Crippen LogP contribution in [0.1, 0.15) is 31.2 Å². The van der Waals surface area contributed by atoms with Crippen LogP contribution in [0.4, 0.5) is 8.78 Å². The molecule has 0 saturated heterocycles. The van der Waals surface area contributed by atoms with Gasteiger partial charge in [-0.3, -0.25) is 0 Å². The van der Waals surface area contributed by atoms with Gasteiger partial charge in [0, 0.05) is 17.5 Å². The van der Waals surface area contributed by atoms with Gasteiger partial charge in [0.15, 0.2) is 0 Å². The lowest BCUT2D eigenvalue weighted by Crippen LogP contribution is -2.46. The maximum absolute atomic E-state index is 13.7. The molecular formula is C14H19F2NO. The second-order valence-corrected chi connectivity index (χ2v) is 5.21. The molecule has 18 heavy (non-hydrogen) atoms. The number of aliphatic hydroxyl groups excluding tert-OH is 1. The first kappa shape index (κ1) is 13.4. The highest BCUT2D eigenvalue weighted by molar-refractivity contribution is 5.22. The minimum absolute atomic E-state index is 0.0453.